The van der Waals surface area contributed by atoms with E-state index in [0.717, 1.165) is 0 Å². The third-order valence-electron chi connectivity index (χ3n) is 1.46. The summed E-state index contributed by atoms with van der Waals surface area (Å²) in [6.07, 6.45) is 0. The molecule has 0 heterocycles. The average Bonchev–Trinajstić information content (AvgIpc) is 2.15. The van der Waals surface area contributed by atoms with E-state index in [-0.39, 0.29) is 5.56 Å². The first-order valence-corrected chi connectivity index (χ1v) is 4.31. The van der Waals surface area contributed by atoms with Crippen molar-refractivity contribution in [2.24, 2.45) is 0 Å². The van der Waals surface area contributed by atoms with E-state index in [1.165, 1.54) is 6.07 Å². The maximum atomic E-state index is 10.7. The summed E-state index contributed by atoms with van der Waals surface area (Å²) in [5.41, 5.74) is 0.765. The van der Waals surface area contributed by atoms with Gasteiger partial charge in [0.15, 0.2) is 0 Å². The summed E-state index contributed by atoms with van der Waals surface area (Å²) in [7, 11) is 0. The van der Waals surface area contributed by atoms with Gasteiger partial charge in [-0.15, -0.1) is 0 Å². The van der Waals surface area contributed by atoms with Crippen LogP contribution in [0.3, 0.4) is 0 Å². The summed E-state index contributed by atoms with van der Waals surface area (Å²) < 4.78 is 0. The van der Waals surface area contributed by atoms with Crippen LogP contribution in [0.4, 0.5) is 0 Å². The van der Waals surface area contributed by atoms with Gasteiger partial charge in [-0.05, 0) is 12.1 Å². The first kappa shape index (κ1) is 9.69. The standard InChI is InChI=1S/C10H8O2S/c11-10(12)9-6-2-1-4-8(9)5-3-7-13/h1-2,4,6,13H,7H2,(H,11,12). The van der Waals surface area contributed by atoms with Crippen molar-refractivity contribution in [1.29, 1.82) is 0 Å². The van der Waals surface area contributed by atoms with Gasteiger partial charge in [-0.25, -0.2) is 4.79 Å². The molecule has 2 nitrogen and oxygen atoms in total. The Hall–Kier alpha value is -1.40. The van der Waals surface area contributed by atoms with Crippen LogP contribution in [-0.4, -0.2) is 16.8 Å². The van der Waals surface area contributed by atoms with Crippen LogP contribution in [0.5, 0.6) is 0 Å². The normalized spacial score (nSPS) is 8.69. The van der Waals surface area contributed by atoms with Gasteiger partial charge in [0.25, 0.3) is 0 Å². The fourth-order valence-electron chi connectivity index (χ4n) is 0.913. The minimum atomic E-state index is -0.955. The molecule has 3 heteroatoms. The Morgan fingerprint density at radius 1 is 1.46 bits per heavy atom. The van der Waals surface area contributed by atoms with E-state index >= 15 is 0 Å². The number of hydrogen-bond donors (Lipinski definition) is 2. The van der Waals surface area contributed by atoms with Crippen LogP contribution in [0.1, 0.15) is 15.9 Å². The Morgan fingerprint density at radius 3 is 2.77 bits per heavy atom. The molecule has 0 atom stereocenters. The zero-order valence-corrected chi connectivity index (χ0v) is 7.71. The van der Waals surface area contributed by atoms with Crippen LogP contribution in [0.25, 0.3) is 0 Å². The van der Waals surface area contributed by atoms with Gasteiger partial charge in [0.1, 0.15) is 0 Å². The Kier molecular flexibility index (Phi) is 3.41. The number of benzene rings is 1. The Balaban J connectivity index is 3.12. The molecule has 0 aromatic heterocycles. The van der Waals surface area contributed by atoms with Crippen molar-refractivity contribution in [1.82, 2.24) is 0 Å². The summed E-state index contributed by atoms with van der Waals surface area (Å²) in [6.45, 7) is 0. The van der Waals surface area contributed by atoms with Gasteiger partial charge in [-0.2, -0.15) is 12.6 Å². The third-order valence-corrected chi connectivity index (χ3v) is 1.62. The molecule has 1 aromatic rings. The predicted octanol–water partition coefficient (Wildman–Crippen LogP) is 1.67. The second-order valence-corrected chi connectivity index (χ2v) is 2.63. The largest absolute Gasteiger partial charge is 0.478 e. The molecule has 0 aliphatic carbocycles. The molecule has 0 saturated carbocycles. The fourth-order valence-corrected chi connectivity index (χ4v) is 0.992. The zero-order chi connectivity index (χ0) is 9.68. The third kappa shape index (κ3) is 2.53. The molecule has 0 saturated heterocycles. The smallest absolute Gasteiger partial charge is 0.336 e. The quantitative estimate of drug-likeness (QED) is 0.524. The van der Waals surface area contributed by atoms with Crippen molar-refractivity contribution < 1.29 is 9.90 Å². The minimum Gasteiger partial charge on any atom is -0.478 e. The fraction of sp³-hybridized carbons (Fsp3) is 0.100. The highest BCUT2D eigenvalue weighted by atomic mass is 32.1. The number of hydrogen-bond acceptors (Lipinski definition) is 2. The SMILES string of the molecule is O=C(O)c1ccccc1C#CCS. The molecule has 0 aliphatic rings. The molecule has 0 aliphatic heterocycles. The second-order valence-electron chi connectivity index (χ2n) is 2.31. The van der Waals surface area contributed by atoms with E-state index in [2.05, 4.69) is 24.5 Å². The van der Waals surface area contributed by atoms with Crippen molar-refractivity contribution in [3.05, 3.63) is 35.4 Å². The molecule has 1 N–H and O–H groups in total. The van der Waals surface area contributed by atoms with Crippen LogP contribution in [0.2, 0.25) is 0 Å². The molecule has 0 radical (unpaired) electrons. The van der Waals surface area contributed by atoms with Gasteiger partial charge in [-0.3, -0.25) is 0 Å². The number of carboxylic acids is 1. The van der Waals surface area contributed by atoms with Crippen molar-refractivity contribution in [3.63, 3.8) is 0 Å². The predicted molar refractivity (Wildman–Crippen MR) is 54.1 cm³/mol. The minimum absolute atomic E-state index is 0.233. The van der Waals surface area contributed by atoms with Gasteiger partial charge < -0.3 is 5.11 Å². The molecule has 13 heavy (non-hydrogen) atoms. The second kappa shape index (κ2) is 4.58. The van der Waals surface area contributed by atoms with Crippen LogP contribution < -0.4 is 0 Å². The molecular formula is C10H8O2S. The lowest BCUT2D eigenvalue weighted by molar-refractivity contribution is 0.0696. The molecular weight excluding hydrogens is 184 g/mol. The summed E-state index contributed by atoms with van der Waals surface area (Å²) in [4.78, 5) is 10.7. The highest BCUT2D eigenvalue weighted by Crippen LogP contribution is 2.06. The average molecular weight is 192 g/mol. The lowest BCUT2D eigenvalue weighted by Crippen LogP contribution is -1.99. The number of thiol groups is 1. The monoisotopic (exact) mass is 192 g/mol. The van der Waals surface area contributed by atoms with E-state index in [1.54, 1.807) is 18.2 Å². The summed E-state index contributed by atoms with van der Waals surface area (Å²) in [5, 5.41) is 8.78. The van der Waals surface area contributed by atoms with Crippen molar-refractivity contribution >= 4 is 18.6 Å². The summed E-state index contributed by atoms with van der Waals surface area (Å²) in [5.74, 6) is 4.92. The maximum Gasteiger partial charge on any atom is 0.336 e. The molecule has 0 amide bonds. The van der Waals surface area contributed by atoms with Crippen molar-refractivity contribution in [2.75, 3.05) is 5.75 Å². The van der Waals surface area contributed by atoms with E-state index in [9.17, 15) is 4.79 Å². The number of carboxylic acid groups (broad SMARTS) is 1. The van der Waals surface area contributed by atoms with Gasteiger partial charge >= 0.3 is 5.97 Å². The van der Waals surface area contributed by atoms with Gasteiger partial charge in [0.05, 0.1) is 11.3 Å². The summed E-state index contributed by atoms with van der Waals surface area (Å²) in [6, 6.07) is 6.65. The summed E-state index contributed by atoms with van der Waals surface area (Å²) >= 11 is 3.92. The van der Waals surface area contributed by atoms with E-state index in [1.807, 2.05) is 0 Å². The van der Waals surface area contributed by atoms with Crippen LogP contribution in [0.15, 0.2) is 24.3 Å². The van der Waals surface area contributed by atoms with Crippen molar-refractivity contribution in [2.45, 2.75) is 0 Å². The number of carbonyl (C=O) groups is 1. The van der Waals surface area contributed by atoms with Gasteiger partial charge in [0.2, 0.25) is 0 Å². The Labute approximate surface area is 82.0 Å². The van der Waals surface area contributed by atoms with Gasteiger partial charge in [0, 0.05) is 5.56 Å². The number of rotatable bonds is 1. The lowest BCUT2D eigenvalue weighted by Gasteiger charge is -1.96. The van der Waals surface area contributed by atoms with Crippen molar-refractivity contribution in [3.8, 4) is 11.8 Å². The highest BCUT2D eigenvalue weighted by molar-refractivity contribution is 7.80. The molecule has 1 aromatic carbocycles. The first-order valence-electron chi connectivity index (χ1n) is 3.67. The van der Waals surface area contributed by atoms with Crippen LogP contribution in [-0.2, 0) is 0 Å². The molecule has 0 bridgehead atoms. The molecule has 0 fully saturated rings. The number of aromatic carboxylic acids is 1. The first-order chi connectivity index (χ1) is 6.25. The Morgan fingerprint density at radius 2 is 2.15 bits per heavy atom. The maximum absolute atomic E-state index is 10.7. The van der Waals surface area contributed by atoms with Crippen LogP contribution in [0, 0.1) is 11.8 Å². The highest BCUT2D eigenvalue weighted by Gasteiger charge is 2.05. The van der Waals surface area contributed by atoms with Gasteiger partial charge in [-0.1, -0.05) is 24.0 Å². The zero-order valence-electron chi connectivity index (χ0n) is 6.82. The van der Waals surface area contributed by atoms with E-state index in [0.29, 0.717) is 11.3 Å². The molecule has 1 rings (SSSR count). The van der Waals surface area contributed by atoms with E-state index in [4.69, 9.17) is 5.11 Å². The topological polar surface area (TPSA) is 37.3 Å². The van der Waals surface area contributed by atoms with Crippen LogP contribution >= 0.6 is 12.6 Å². The molecule has 0 spiro atoms. The van der Waals surface area contributed by atoms with E-state index < -0.39 is 5.97 Å². The molecule has 0 unspecified atom stereocenters. The Bertz CT molecular complexity index is 374. The molecule has 66 valence electrons. The lowest BCUT2D eigenvalue weighted by atomic mass is 10.1.